The van der Waals surface area contributed by atoms with Gasteiger partial charge in [-0.25, -0.2) is 0 Å². The molecule has 19 heavy (non-hydrogen) atoms. The molecule has 2 aromatic rings. The third-order valence-electron chi connectivity index (χ3n) is 4.50. The molecule has 1 unspecified atom stereocenters. The predicted octanol–water partition coefficient (Wildman–Crippen LogP) is 1.46. The van der Waals surface area contributed by atoms with Crippen molar-refractivity contribution in [3.63, 3.8) is 0 Å². The Morgan fingerprint density at radius 2 is 2.26 bits per heavy atom. The highest BCUT2D eigenvalue weighted by Crippen LogP contribution is 2.32. The van der Waals surface area contributed by atoms with Gasteiger partial charge in [-0.05, 0) is 37.3 Å². The van der Waals surface area contributed by atoms with Crippen LogP contribution in [0.2, 0.25) is 0 Å². The fourth-order valence-corrected chi connectivity index (χ4v) is 3.32. The van der Waals surface area contributed by atoms with Crippen LogP contribution >= 0.6 is 0 Å². The highest BCUT2D eigenvalue weighted by Gasteiger charge is 2.33. The van der Waals surface area contributed by atoms with Gasteiger partial charge in [0.05, 0.1) is 12.2 Å². The summed E-state index contributed by atoms with van der Waals surface area (Å²) in [6.45, 7) is 0. The van der Waals surface area contributed by atoms with Crippen molar-refractivity contribution >= 4 is 0 Å². The Morgan fingerprint density at radius 1 is 1.32 bits per heavy atom. The zero-order valence-corrected chi connectivity index (χ0v) is 10.9. The van der Waals surface area contributed by atoms with E-state index in [1.807, 2.05) is 18.5 Å². The topological polar surface area (TPSA) is 58.5 Å². The molecular weight excluding hydrogens is 238 g/mol. The van der Waals surface area contributed by atoms with Gasteiger partial charge in [0.25, 0.3) is 0 Å². The molecule has 2 aromatic heterocycles. The lowest BCUT2D eigenvalue weighted by Crippen LogP contribution is -2.48. The van der Waals surface area contributed by atoms with E-state index in [1.54, 1.807) is 0 Å². The van der Waals surface area contributed by atoms with Gasteiger partial charge in [0.15, 0.2) is 0 Å². The molecule has 2 aliphatic carbocycles. The normalized spacial score (nSPS) is 29.8. The summed E-state index contributed by atoms with van der Waals surface area (Å²) in [5, 5.41) is 15.4. The second kappa shape index (κ2) is 4.49. The lowest BCUT2D eigenvalue weighted by molar-refractivity contribution is 0.190. The van der Waals surface area contributed by atoms with E-state index >= 15 is 0 Å². The number of nitrogens with zero attached hydrogens (tertiary/aromatic N) is 3. The monoisotopic (exact) mass is 257 g/mol. The summed E-state index contributed by atoms with van der Waals surface area (Å²) >= 11 is 0. The average molecular weight is 257 g/mol. The van der Waals surface area contributed by atoms with Crippen molar-refractivity contribution in [1.82, 2.24) is 25.3 Å². The number of hydrogen-bond acceptors (Lipinski definition) is 3. The van der Waals surface area contributed by atoms with Crippen LogP contribution in [0.4, 0.5) is 0 Å². The van der Waals surface area contributed by atoms with Crippen LogP contribution in [-0.4, -0.2) is 32.1 Å². The van der Waals surface area contributed by atoms with Crippen LogP contribution in [0.3, 0.4) is 0 Å². The third-order valence-corrected chi connectivity index (χ3v) is 4.50. The first-order chi connectivity index (χ1) is 9.38. The van der Waals surface area contributed by atoms with Crippen LogP contribution in [0.1, 0.15) is 36.6 Å². The number of nitrogens with one attached hydrogen (secondary N) is 2. The van der Waals surface area contributed by atoms with Crippen LogP contribution in [-0.2, 0) is 12.8 Å². The molecule has 0 spiro atoms. The van der Waals surface area contributed by atoms with Crippen LogP contribution in [0.25, 0.3) is 0 Å². The number of rotatable bonds is 3. The zero-order valence-electron chi connectivity index (χ0n) is 10.9. The van der Waals surface area contributed by atoms with Crippen molar-refractivity contribution in [3.05, 3.63) is 35.9 Å². The van der Waals surface area contributed by atoms with E-state index in [2.05, 4.69) is 31.5 Å². The molecule has 0 saturated heterocycles. The number of aryl methyl sites for hydroxylation is 1. The molecule has 0 bridgehead atoms. The maximum absolute atomic E-state index is 4.32. The molecule has 0 aromatic carbocycles. The average Bonchev–Trinajstić information content (AvgIpc) is 3.03. The summed E-state index contributed by atoms with van der Waals surface area (Å²) in [6.07, 6.45) is 11.8. The first kappa shape index (κ1) is 11.2. The third kappa shape index (κ3) is 2.08. The zero-order chi connectivity index (χ0) is 12.7. The summed E-state index contributed by atoms with van der Waals surface area (Å²) in [5.74, 6) is 0. The first-order valence-corrected chi connectivity index (χ1v) is 7.15. The summed E-state index contributed by atoms with van der Waals surface area (Å²) < 4.78 is 2.09. The molecular formula is C14H19N5. The van der Waals surface area contributed by atoms with Gasteiger partial charge >= 0.3 is 0 Å². The van der Waals surface area contributed by atoms with Crippen LogP contribution in [0.15, 0.2) is 24.7 Å². The Balaban J connectivity index is 1.31. The lowest BCUT2D eigenvalue weighted by Gasteiger charge is -2.39. The van der Waals surface area contributed by atoms with Gasteiger partial charge in [0, 0.05) is 36.6 Å². The van der Waals surface area contributed by atoms with Crippen molar-refractivity contribution in [2.24, 2.45) is 0 Å². The van der Waals surface area contributed by atoms with Crippen LogP contribution in [0, 0.1) is 0 Å². The molecule has 4 rings (SSSR count). The number of fused-ring (bicyclic) bond motifs is 1. The standard InChI is InChI=1S/C14H19N5/c1-4-16-19(5-1)13-6-12(7-13)17-11-3-2-10-9-15-18-14(10)8-11/h1,4-5,9,11-13,17H,2-3,6-8H2,(H,15,18). The second-order valence-electron chi connectivity index (χ2n) is 5.79. The van der Waals surface area contributed by atoms with E-state index in [9.17, 15) is 0 Å². The highest BCUT2D eigenvalue weighted by atomic mass is 15.3. The molecule has 0 amide bonds. The Morgan fingerprint density at radius 3 is 3.11 bits per heavy atom. The lowest BCUT2D eigenvalue weighted by atomic mass is 9.84. The summed E-state index contributed by atoms with van der Waals surface area (Å²) in [4.78, 5) is 0. The van der Waals surface area contributed by atoms with Crippen LogP contribution in [0.5, 0.6) is 0 Å². The fourth-order valence-electron chi connectivity index (χ4n) is 3.32. The number of aromatic nitrogens is 4. The molecule has 2 N–H and O–H groups in total. The number of aromatic amines is 1. The van der Waals surface area contributed by atoms with Crippen LogP contribution < -0.4 is 5.32 Å². The molecule has 0 radical (unpaired) electrons. The number of H-pyrrole nitrogens is 1. The minimum atomic E-state index is 0.596. The highest BCUT2D eigenvalue weighted by molar-refractivity contribution is 5.21. The largest absolute Gasteiger partial charge is 0.311 e. The molecule has 1 atom stereocenters. The van der Waals surface area contributed by atoms with Gasteiger partial charge in [-0.3, -0.25) is 9.78 Å². The Bertz CT molecular complexity index is 538. The SMILES string of the molecule is c1cnn(C2CC(NC3CCc4cn[nH]c4C3)C2)c1. The Labute approximate surface area is 112 Å². The second-order valence-corrected chi connectivity index (χ2v) is 5.79. The minimum absolute atomic E-state index is 0.596. The summed E-state index contributed by atoms with van der Waals surface area (Å²) in [5.41, 5.74) is 2.73. The fraction of sp³-hybridized carbons (Fsp3) is 0.571. The van der Waals surface area contributed by atoms with Crippen molar-refractivity contribution in [2.45, 2.75) is 50.2 Å². The van der Waals surface area contributed by atoms with Crippen molar-refractivity contribution in [3.8, 4) is 0 Å². The summed E-state index contributed by atoms with van der Waals surface area (Å²) in [7, 11) is 0. The van der Waals surface area contributed by atoms with Gasteiger partial charge in [-0.2, -0.15) is 10.2 Å². The molecule has 1 fully saturated rings. The van der Waals surface area contributed by atoms with E-state index in [4.69, 9.17) is 0 Å². The Hall–Kier alpha value is -1.62. The van der Waals surface area contributed by atoms with Crippen molar-refractivity contribution < 1.29 is 0 Å². The van der Waals surface area contributed by atoms with E-state index < -0.39 is 0 Å². The van der Waals surface area contributed by atoms with E-state index in [0.717, 1.165) is 12.8 Å². The molecule has 1 saturated carbocycles. The van der Waals surface area contributed by atoms with Crippen molar-refractivity contribution in [2.75, 3.05) is 0 Å². The van der Waals surface area contributed by atoms with E-state index in [0.29, 0.717) is 18.1 Å². The first-order valence-electron chi connectivity index (χ1n) is 7.15. The van der Waals surface area contributed by atoms with E-state index in [1.165, 1.54) is 30.5 Å². The minimum Gasteiger partial charge on any atom is -0.311 e. The van der Waals surface area contributed by atoms with E-state index in [-0.39, 0.29) is 0 Å². The maximum Gasteiger partial charge on any atom is 0.0548 e. The quantitative estimate of drug-likeness (QED) is 0.875. The van der Waals surface area contributed by atoms with Gasteiger partial charge in [0.1, 0.15) is 0 Å². The summed E-state index contributed by atoms with van der Waals surface area (Å²) in [6, 6.07) is 3.86. The predicted molar refractivity (Wildman–Crippen MR) is 71.8 cm³/mol. The smallest absolute Gasteiger partial charge is 0.0548 e. The molecule has 100 valence electrons. The van der Waals surface area contributed by atoms with Gasteiger partial charge in [-0.1, -0.05) is 0 Å². The Kier molecular flexibility index (Phi) is 2.65. The maximum atomic E-state index is 4.32. The molecule has 5 heteroatoms. The molecule has 0 aliphatic heterocycles. The van der Waals surface area contributed by atoms with Crippen molar-refractivity contribution in [1.29, 1.82) is 0 Å². The number of hydrogen-bond donors (Lipinski definition) is 2. The molecule has 2 heterocycles. The van der Waals surface area contributed by atoms with Gasteiger partial charge in [0.2, 0.25) is 0 Å². The van der Waals surface area contributed by atoms with Gasteiger partial charge in [-0.15, -0.1) is 0 Å². The molecule has 2 aliphatic rings. The van der Waals surface area contributed by atoms with Gasteiger partial charge < -0.3 is 5.32 Å². The molecule has 5 nitrogen and oxygen atoms in total.